The monoisotopic (exact) mass is 662 g/mol. The zero-order valence-corrected chi connectivity index (χ0v) is 28.3. The maximum absolute atomic E-state index is 7.18. The van der Waals surface area contributed by atoms with Crippen molar-refractivity contribution in [2.45, 2.75) is 0 Å². The van der Waals surface area contributed by atoms with Crippen LogP contribution >= 0.6 is 0 Å². The van der Waals surface area contributed by atoms with E-state index in [2.05, 4.69) is 198 Å². The number of hydrogen-bond donors (Lipinski definition) is 0. The van der Waals surface area contributed by atoms with Crippen LogP contribution in [0.25, 0.3) is 33.4 Å². The number of ether oxygens (including phenoxy) is 1. The van der Waals surface area contributed by atoms with Crippen LogP contribution in [0.3, 0.4) is 0 Å². The minimum Gasteiger partial charge on any atom is -0.458 e. The van der Waals surface area contributed by atoms with Crippen LogP contribution in [0.2, 0.25) is 0 Å². The highest BCUT2D eigenvalue weighted by molar-refractivity contribution is 7.01. The van der Waals surface area contributed by atoms with Crippen LogP contribution in [-0.2, 0) is 0 Å². The Morgan fingerprint density at radius 3 is 0.981 bits per heavy atom. The van der Waals surface area contributed by atoms with Gasteiger partial charge in [0.05, 0.1) is 0 Å². The summed E-state index contributed by atoms with van der Waals surface area (Å²) in [5, 5.41) is 0. The highest BCUT2D eigenvalue weighted by Gasteiger charge is 2.49. The Balaban J connectivity index is 1.29. The van der Waals surface area contributed by atoms with Gasteiger partial charge >= 0.3 is 0 Å². The number of hydrogen-bond acceptors (Lipinski definition) is 3. The van der Waals surface area contributed by atoms with Crippen molar-refractivity contribution in [2.24, 2.45) is 0 Å². The van der Waals surface area contributed by atoms with Crippen LogP contribution in [0.15, 0.2) is 188 Å². The highest BCUT2D eigenvalue weighted by atomic mass is 16.5. The summed E-state index contributed by atoms with van der Waals surface area (Å²) in [7, 11) is 0. The molecular formula is C48H31BN2O. The van der Waals surface area contributed by atoms with Gasteiger partial charge in [0.2, 0.25) is 0 Å². The molecule has 0 atom stereocenters. The van der Waals surface area contributed by atoms with E-state index in [0.717, 1.165) is 56.5 Å². The molecule has 8 aromatic carbocycles. The van der Waals surface area contributed by atoms with Crippen molar-refractivity contribution in [3.8, 4) is 44.9 Å². The van der Waals surface area contributed by atoms with E-state index in [4.69, 9.17) is 4.74 Å². The predicted octanol–water partition coefficient (Wildman–Crippen LogP) is 10.9. The Bertz CT molecular complexity index is 2490. The Hall–Kier alpha value is -6.78. The van der Waals surface area contributed by atoms with Gasteiger partial charge in [-0.1, -0.05) is 127 Å². The summed E-state index contributed by atoms with van der Waals surface area (Å²) in [6, 6.07) is 67.7. The van der Waals surface area contributed by atoms with Crippen LogP contribution in [0.1, 0.15) is 0 Å². The van der Waals surface area contributed by atoms with Gasteiger partial charge in [0.25, 0.3) is 6.71 Å². The average molecular weight is 663 g/mol. The molecule has 4 heteroatoms. The number of anilines is 6. The van der Waals surface area contributed by atoms with Gasteiger partial charge in [-0.3, -0.25) is 0 Å². The lowest BCUT2D eigenvalue weighted by Crippen LogP contribution is -2.63. The Morgan fingerprint density at radius 1 is 0.308 bits per heavy atom. The van der Waals surface area contributed by atoms with E-state index in [-0.39, 0.29) is 6.71 Å². The van der Waals surface area contributed by atoms with E-state index in [1.165, 1.54) is 38.9 Å². The zero-order valence-electron chi connectivity index (χ0n) is 28.3. The maximum atomic E-state index is 7.18. The summed E-state index contributed by atoms with van der Waals surface area (Å²) in [4.78, 5) is 4.93. The molecule has 0 N–H and O–H groups in total. The second-order valence-corrected chi connectivity index (χ2v) is 13.7. The maximum Gasteiger partial charge on any atom is 0.261 e. The molecule has 3 aliphatic heterocycles. The Labute approximate surface area is 303 Å². The van der Waals surface area contributed by atoms with Gasteiger partial charge in [-0.2, -0.15) is 0 Å². The molecule has 0 aromatic heterocycles. The Kier molecular flexibility index (Phi) is 6.35. The molecule has 0 radical (unpaired) electrons. The van der Waals surface area contributed by atoms with Gasteiger partial charge in [-0.15, -0.1) is 0 Å². The van der Waals surface area contributed by atoms with Gasteiger partial charge in [0, 0.05) is 34.1 Å². The van der Waals surface area contributed by atoms with Crippen molar-refractivity contribution in [1.29, 1.82) is 0 Å². The summed E-state index contributed by atoms with van der Waals surface area (Å²) in [5.41, 5.74) is 17.5. The summed E-state index contributed by atoms with van der Waals surface area (Å²) in [5.74, 6) is 1.81. The third-order valence-electron chi connectivity index (χ3n) is 10.8. The minimum atomic E-state index is -0.0202. The largest absolute Gasteiger partial charge is 0.458 e. The molecule has 3 nitrogen and oxygen atoms in total. The fraction of sp³-hybridized carbons (Fsp3) is 0. The summed E-state index contributed by atoms with van der Waals surface area (Å²) >= 11 is 0. The molecule has 0 unspecified atom stereocenters. The molecule has 0 spiro atoms. The van der Waals surface area contributed by atoms with Gasteiger partial charge in [-0.05, 0) is 110 Å². The predicted molar refractivity (Wildman–Crippen MR) is 217 cm³/mol. The van der Waals surface area contributed by atoms with Crippen molar-refractivity contribution in [2.75, 3.05) is 9.80 Å². The third-order valence-corrected chi connectivity index (χ3v) is 10.8. The van der Waals surface area contributed by atoms with E-state index < -0.39 is 0 Å². The van der Waals surface area contributed by atoms with E-state index >= 15 is 0 Å². The van der Waals surface area contributed by atoms with Crippen molar-refractivity contribution in [3.63, 3.8) is 0 Å². The molecule has 11 rings (SSSR count). The normalized spacial score (nSPS) is 13.0. The summed E-state index contributed by atoms with van der Waals surface area (Å²) in [6.07, 6.45) is 0. The third kappa shape index (κ3) is 4.34. The molecule has 0 aliphatic carbocycles. The summed E-state index contributed by atoms with van der Waals surface area (Å²) in [6.45, 7) is -0.0202. The molecule has 3 aliphatic rings. The molecule has 52 heavy (non-hydrogen) atoms. The highest BCUT2D eigenvalue weighted by Crippen LogP contribution is 2.51. The van der Waals surface area contributed by atoms with Crippen molar-refractivity contribution >= 4 is 57.2 Å². The van der Waals surface area contributed by atoms with Gasteiger partial charge in [0.1, 0.15) is 11.5 Å². The number of benzene rings is 8. The fourth-order valence-corrected chi connectivity index (χ4v) is 8.55. The molecule has 3 heterocycles. The van der Waals surface area contributed by atoms with Crippen LogP contribution in [0.5, 0.6) is 11.5 Å². The minimum absolute atomic E-state index is 0.0202. The molecule has 0 saturated carbocycles. The van der Waals surface area contributed by atoms with Crippen molar-refractivity contribution in [3.05, 3.63) is 188 Å². The van der Waals surface area contributed by atoms with E-state index in [9.17, 15) is 0 Å². The second kappa shape index (κ2) is 11.4. The molecule has 0 amide bonds. The Morgan fingerprint density at radius 2 is 0.615 bits per heavy atom. The smallest absolute Gasteiger partial charge is 0.261 e. The number of rotatable bonds is 5. The molecular weight excluding hydrogens is 631 g/mol. The quantitative estimate of drug-likeness (QED) is 0.171. The average Bonchev–Trinajstić information content (AvgIpc) is 3.22. The van der Waals surface area contributed by atoms with Crippen molar-refractivity contribution in [1.82, 2.24) is 0 Å². The van der Waals surface area contributed by atoms with Crippen molar-refractivity contribution < 1.29 is 4.74 Å². The first-order valence-corrected chi connectivity index (χ1v) is 17.9. The second-order valence-electron chi connectivity index (χ2n) is 13.7. The van der Waals surface area contributed by atoms with Gasteiger partial charge < -0.3 is 14.5 Å². The lowest BCUT2D eigenvalue weighted by Gasteiger charge is -2.47. The fourth-order valence-electron chi connectivity index (χ4n) is 8.55. The molecule has 0 fully saturated rings. The zero-order chi connectivity index (χ0) is 34.2. The molecule has 0 bridgehead atoms. The van der Waals surface area contributed by atoms with Gasteiger partial charge in [0.15, 0.2) is 0 Å². The summed E-state index contributed by atoms with van der Waals surface area (Å²) < 4.78 is 7.18. The first-order valence-electron chi connectivity index (χ1n) is 17.9. The molecule has 8 aromatic rings. The van der Waals surface area contributed by atoms with Crippen LogP contribution in [-0.4, -0.2) is 6.71 Å². The van der Waals surface area contributed by atoms with Crippen LogP contribution in [0.4, 0.5) is 34.1 Å². The first-order chi connectivity index (χ1) is 25.8. The van der Waals surface area contributed by atoms with E-state index in [1.54, 1.807) is 0 Å². The SMILES string of the molecule is c1ccc(-c2cc3c4c(c2)N(c2ccccc2)c2cc(-c5ccccc5)cc5c2B4c2c(cc(-c4ccccc4)cc2N5c2ccccc2)O3)cc1. The molecule has 0 saturated heterocycles. The topological polar surface area (TPSA) is 15.7 Å². The van der Waals surface area contributed by atoms with E-state index in [0.29, 0.717) is 0 Å². The van der Waals surface area contributed by atoms with E-state index in [1.807, 2.05) is 0 Å². The lowest BCUT2D eigenvalue weighted by molar-refractivity contribution is 0.488. The molecule has 242 valence electrons. The van der Waals surface area contributed by atoms with Gasteiger partial charge in [-0.25, -0.2) is 0 Å². The standard InChI is InChI=1S/C48H31BN2O/c1-6-16-32(17-7-1)35-26-40-46-41(27-35)51(39-24-14-5-15-25-39)43-29-37(34-20-10-3-11-21-34)31-45-48(43)49(46)47-42(50(40)38-22-12-4-13-23-38)28-36(30-44(47)52-45)33-18-8-2-9-19-33/h1-31H. The first kappa shape index (κ1) is 29.0. The number of nitrogens with zero attached hydrogens (tertiary/aromatic N) is 2. The lowest BCUT2D eigenvalue weighted by atomic mass is 9.32. The number of para-hydroxylation sites is 2. The van der Waals surface area contributed by atoms with Crippen LogP contribution < -0.4 is 30.9 Å². The van der Waals surface area contributed by atoms with Crippen LogP contribution in [0, 0.1) is 0 Å².